The number of ether oxygens (including phenoxy) is 1. The second kappa shape index (κ2) is 7.42. The zero-order chi connectivity index (χ0) is 20.5. The highest BCUT2D eigenvalue weighted by Gasteiger charge is 2.19. The smallest absolute Gasteiger partial charge is 0.253 e. The second-order valence-corrected chi connectivity index (χ2v) is 7.37. The van der Waals surface area contributed by atoms with Gasteiger partial charge in [0.2, 0.25) is 0 Å². The lowest BCUT2D eigenvalue weighted by molar-refractivity contribution is 0.0945. The Kier molecular flexibility index (Phi) is 4.79. The van der Waals surface area contributed by atoms with Crippen LogP contribution in [0.25, 0.3) is 21.9 Å². The van der Waals surface area contributed by atoms with Crippen LogP contribution < -0.4 is 15.4 Å². The van der Waals surface area contributed by atoms with Crippen molar-refractivity contribution in [2.24, 2.45) is 0 Å². The normalized spacial score (nSPS) is 11.5. The molecule has 3 heterocycles. The van der Waals surface area contributed by atoms with Crippen LogP contribution in [0.1, 0.15) is 38.1 Å². The number of aromatic amines is 2. The van der Waals surface area contributed by atoms with Crippen molar-refractivity contribution in [1.29, 1.82) is 0 Å². The van der Waals surface area contributed by atoms with Gasteiger partial charge in [-0.05, 0) is 33.8 Å². The van der Waals surface area contributed by atoms with E-state index in [1.165, 1.54) is 6.33 Å². The molecule has 4 aromatic rings. The summed E-state index contributed by atoms with van der Waals surface area (Å²) in [7, 11) is 0. The Hall–Kier alpha value is -3.62. The molecule has 0 atom stereocenters. The van der Waals surface area contributed by atoms with Gasteiger partial charge in [-0.2, -0.15) is 5.10 Å². The van der Waals surface area contributed by atoms with E-state index in [2.05, 4.69) is 35.8 Å². The van der Waals surface area contributed by atoms with Crippen molar-refractivity contribution in [2.75, 3.05) is 5.32 Å². The summed E-state index contributed by atoms with van der Waals surface area (Å²) in [5.74, 6) is 0.988. The minimum atomic E-state index is -0.187. The van der Waals surface area contributed by atoms with Gasteiger partial charge >= 0.3 is 0 Å². The van der Waals surface area contributed by atoms with Gasteiger partial charge in [0.15, 0.2) is 0 Å². The Morgan fingerprint density at radius 3 is 2.76 bits per heavy atom. The summed E-state index contributed by atoms with van der Waals surface area (Å²) >= 11 is 0. The third kappa shape index (κ3) is 3.71. The number of hydrogen-bond acceptors (Lipinski definition) is 6. The molecule has 0 aliphatic heterocycles. The number of aromatic nitrogens is 5. The Morgan fingerprint density at radius 1 is 1.17 bits per heavy atom. The molecule has 0 radical (unpaired) electrons. The topological polar surface area (TPSA) is 121 Å². The molecule has 0 unspecified atom stereocenters. The van der Waals surface area contributed by atoms with E-state index < -0.39 is 0 Å². The molecule has 1 aromatic carbocycles. The fourth-order valence-corrected chi connectivity index (χ4v) is 3.12. The molecule has 0 saturated carbocycles. The molecule has 4 rings (SSSR count). The van der Waals surface area contributed by atoms with Crippen LogP contribution in [-0.4, -0.2) is 43.2 Å². The Balaban J connectivity index is 1.80. The van der Waals surface area contributed by atoms with Gasteiger partial charge < -0.3 is 20.4 Å². The summed E-state index contributed by atoms with van der Waals surface area (Å²) in [6.07, 6.45) is 4.83. The number of H-pyrrole nitrogens is 2. The minimum absolute atomic E-state index is 0.0130. The summed E-state index contributed by atoms with van der Waals surface area (Å²) in [5.41, 5.74) is 2.65. The molecule has 0 aliphatic rings. The molecule has 9 nitrogen and oxygen atoms in total. The van der Waals surface area contributed by atoms with Gasteiger partial charge in [-0.15, -0.1) is 0 Å². The van der Waals surface area contributed by atoms with Crippen molar-refractivity contribution in [1.82, 2.24) is 30.5 Å². The lowest BCUT2D eigenvalue weighted by atomic mass is 10.2. The molecular weight excluding hydrogens is 370 g/mol. The molecule has 29 heavy (non-hydrogen) atoms. The minimum Gasteiger partial charge on any atom is -0.489 e. The summed E-state index contributed by atoms with van der Waals surface area (Å²) in [4.78, 5) is 24.3. The SMILES string of the molecule is CC(C)NC(=O)c1c[nH]c2ncnc(Nc3cc4cn[nH]c4cc3OC(C)C)c12. The third-order valence-corrected chi connectivity index (χ3v) is 4.29. The Bertz CT molecular complexity index is 1180. The lowest BCUT2D eigenvalue weighted by Crippen LogP contribution is -2.29. The van der Waals surface area contributed by atoms with Crippen LogP contribution in [0.4, 0.5) is 11.5 Å². The third-order valence-electron chi connectivity index (χ3n) is 4.29. The molecule has 0 spiro atoms. The number of benzene rings is 1. The number of nitrogens with zero attached hydrogens (tertiary/aromatic N) is 3. The highest BCUT2D eigenvalue weighted by atomic mass is 16.5. The van der Waals surface area contributed by atoms with Gasteiger partial charge in [0.05, 0.1) is 34.5 Å². The van der Waals surface area contributed by atoms with E-state index in [-0.39, 0.29) is 18.1 Å². The van der Waals surface area contributed by atoms with Gasteiger partial charge in [0.25, 0.3) is 5.91 Å². The van der Waals surface area contributed by atoms with Gasteiger partial charge in [-0.1, -0.05) is 0 Å². The predicted octanol–water partition coefficient (Wildman–Crippen LogP) is 3.50. The Morgan fingerprint density at radius 2 is 2.00 bits per heavy atom. The van der Waals surface area contributed by atoms with E-state index in [4.69, 9.17) is 4.74 Å². The first-order chi connectivity index (χ1) is 13.9. The largest absolute Gasteiger partial charge is 0.489 e. The van der Waals surface area contributed by atoms with Crippen molar-refractivity contribution >= 4 is 39.3 Å². The maximum Gasteiger partial charge on any atom is 0.253 e. The molecule has 0 bridgehead atoms. The first-order valence-electron chi connectivity index (χ1n) is 9.46. The van der Waals surface area contributed by atoms with E-state index in [1.54, 1.807) is 12.4 Å². The molecule has 4 N–H and O–H groups in total. The van der Waals surface area contributed by atoms with Crippen LogP contribution in [0.5, 0.6) is 5.75 Å². The first kappa shape index (κ1) is 18.7. The van der Waals surface area contributed by atoms with Crippen LogP contribution >= 0.6 is 0 Å². The van der Waals surface area contributed by atoms with E-state index in [0.29, 0.717) is 28.2 Å². The van der Waals surface area contributed by atoms with Crippen molar-refractivity contribution in [3.05, 3.63) is 36.4 Å². The molecule has 0 saturated heterocycles. The standard InChI is InChI=1S/C20H23N7O2/c1-10(2)25-20(28)13-8-21-18-17(13)19(23-9-22-18)26-15-5-12-7-24-27-14(12)6-16(15)29-11(3)4/h5-11H,1-4H3,(H,24,27)(H,25,28)(H2,21,22,23,26). The molecular formula is C20H23N7O2. The van der Waals surface area contributed by atoms with Gasteiger partial charge in [0, 0.05) is 23.7 Å². The van der Waals surface area contributed by atoms with Crippen LogP contribution in [-0.2, 0) is 0 Å². The number of carbonyl (C=O) groups excluding carboxylic acids is 1. The number of rotatable bonds is 6. The highest BCUT2D eigenvalue weighted by Crippen LogP contribution is 2.34. The second-order valence-electron chi connectivity index (χ2n) is 7.37. The molecule has 0 fully saturated rings. The van der Waals surface area contributed by atoms with Crippen LogP contribution in [0.2, 0.25) is 0 Å². The average Bonchev–Trinajstić information content (AvgIpc) is 3.27. The number of hydrogen-bond donors (Lipinski definition) is 4. The molecule has 1 amide bonds. The predicted molar refractivity (Wildman–Crippen MR) is 112 cm³/mol. The quantitative estimate of drug-likeness (QED) is 0.398. The van der Waals surface area contributed by atoms with E-state index in [9.17, 15) is 4.79 Å². The molecule has 3 aromatic heterocycles. The van der Waals surface area contributed by atoms with Crippen LogP contribution in [0, 0.1) is 0 Å². The Labute approximate surface area is 167 Å². The molecule has 150 valence electrons. The average molecular weight is 393 g/mol. The number of anilines is 2. The van der Waals surface area contributed by atoms with Gasteiger partial charge in [-0.25, -0.2) is 9.97 Å². The van der Waals surface area contributed by atoms with Gasteiger partial charge in [0.1, 0.15) is 23.5 Å². The fraction of sp³-hybridized carbons (Fsp3) is 0.300. The first-order valence-corrected chi connectivity index (χ1v) is 9.46. The summed E-state index contributed by atoms with van der Waals surface area (Å²) in [6.45, 7) is 7.75. The lowest BCUT2D eigenvalue weighted by Gasteiger charge is -2.16. The summed E-state index contributed by atoms with van der Waals surface area (Å²) in [6, 6.07) is 3.85. The van der Waals surface area contributed by atoms with Crippen LogP contribution in [0.15, 0.2) is 30.9 Å². The van der Waals surface area contributed by atoms with Crippen molar-refractivity contribution in [3.63, 3.8) is 0 Å². The fourth-order valence-electron chi connectivity index (χ4n) is 3.12. The number of nitrogens with one attached hydrogen (secondary N) is 4. The van der Waals surface area contributed by atoms with E-state index >= 15 is 0 Å². The van der Waals surface area contributed by atoms with E-state index in [0.717, 1.165) is 16.6 Å². The molecule has 0 aliphatic carbocycles. The maximum absolute atomic E-state index is 12.6. The number of carbonyl (C=O) groups is 1. The van der Waals surface area contributed by atoms with Crippen molar-refractivity contribution in [2.45, 2.75) is 39.8 Å². The monoisotopic (exact) mass is 393 g/mol. The molecule has 9 heteroatoms. The number of fused-ring (bicyclic) bond motifs is 2. The summed E-state index contributed by atoms with van der Waals surface area (Å²) in [5, 5.41) is 14.8. The van der Waals surface area contributed by atoms with Gasteiger partial charge in [-0.3, -0.25) is 9.89 Å². The van der Waals surface area contributed by atoms with Crippen molar-refractivity contribution < 1.29 is 9.53 Å². The number of amides is 1. The maximum atomic E-state index is 12.6. The van der Waals surface area contributed by atoms with Crippen molar-refractivity contribution in [3.8, 4) is 5.75 Å². The summed E-state index contributed by atoms with van der Waals surface area (Å²) < 4.78 is 5.98. The van der Waals surface area contributed by atoms with E-state index in [1.807, 2.05) is 39.8 Å². The van der Waals surface area contributed by atoms with Crippen LogP contribution in [0.3, 0.4) is 0 Å². The zero-order valence-corrected chi connectivity index (χ0v) is 16.7. The zero-order valence-electron chi connectivity index (χ0n) is 16.7. The highest BCUT2D eigenvalue weighted by molar-refractivity contribution is 6.10.